The minimum absolute atomic E-state index is 0.199. The van der Waals surface area contributed by atoms with E-state index in [1.165, 1.54) is 18.3 Å². The van der Waals surface area contributed by atoms with E-state index in [4.69, 9.17) is 14.2 Å². The van der Waals surface area contributed by atoms with Crippen molar-refractivity contribution in [3.05, 3.63) is 65.4 Å². The first-order chi connectivity index (χ1) is 19.7. The van der Waals surface area contributed by atoms with Crippen molar-refractivity contribution in [1.82, 2.24) is 16.1 Å². The number of rotatable bonds is 11. The van der Waals surface area contributed by atoms with Gasteiger partial charge in [0, 0.05) is 11.9 Å². The Morgan fingerprint density at radius 2 is 1.93 bits per heavy atom. The van der Waals surface area contributed by atoms with E-state index in [0.717, 1.165) is 0 Å². The van der Waals surface area contributed by atoms with E-state index in [1.807, 2.05) is 18.2 Å². The summed E-state index contributed by atoms with van der Waals surface area (Å²) in [4.78, 5) is 37.3. The highest BCUT2D eigenvalue weighted by atomic mass is 16.5. The summed E-state index contributed by atoms with van der Waals surface area (Å²) in [6.07, 6.45) is 0.176. The van der Waals surface area contributed by atoms with Gasteiger partial charge in [0.05, 0.1) is 36.7 Å². The lowest BCUT2D eigenvalue weighted by atomic mass is 9.95. The number of para-hydroxylation sites is 1. The first-order valence-electron chi connectivity index (χ1n) is 12.9. The molecule has 0 saturated carbocycles. The van der Waals surface area contributed by atoms with Gasteiger partial charge in [0.15, 0.2) is 17.7 Å². The summed E-state index contributed by atoms with van der Waals surface area (Å²) < 4.78 is 16.4. The topological polar surface area (TPSA) is 163 Å². The number of allylic oxidation sites excluding steroid dienone is 1. The summed E-state index contributed by atoms with van der Waals surface area (Å²) in [5.41, 5.74) is 4.98. The van der Waals surface area contributed by atoms with Gasteiger partial charge < -0.3 is 30.0 Å². The van der Waals surface area contributed by atoms with Crippen molar-refractivity contribution in [3.63, 3.8) is 0 Å². The minimum Gasteiger partial charge on any atom is -0.490 e. The van der Waals surface area contributed by atoms with E-state index in [-0.39, 0.29) is 18.1 Å². The summed E-state index contributed by atoms with van der Waals surface area (Å²) in [5, 5.41) is 25.3. The van der Waals surface area contributed by atoms with Crippen molar-refractivity contribution in [2.45, 2.75) is 33.0 Å². The second-order valence-electron chi connectivity index (χ2n) is 9.14. The molecule has 13 nitrogen and oxygen atoms in total. The summed E-state index contributed by atoms with van der Waals surface area (Å²) >= 11 is 0. The molecule has 0 aliphatic carbocycles. The first-order valence-corrected chi connectivity index (χ1v) is 12.9. The molecule has 0 spiro atoms. The number of hydrogen-bond acceptors (Lipinski definition) is 10. The number of amides is 3. The third-order valence-corrected chi connectivity index (χ3v) is 6.30. The maximum atomic E-state index is 12.8. The van der Waals surface area contributed by atoms with E-state index in [0.29, 0.717) is 40.8 Å². The number of aliphatic hydroxyl groups excluding tert-OH is 1. The zero-order valence-electron chi connectivity index (χ0n) is 23.1. The van der Waals surface area contributed by atoms with Crippen LogP contribution in [0.1, 0.15) is 32.4 Å². The predicted molar refractivity (Wildman–Crippen MR) is 150 cm³/mol. The molecular formula is C28H32N6O7. The molecule has 3 atom stereocenters. The van der Waals surface area contributed by atoms with E-state index in [2.05, 4.69) is 26.3 Å². The smallest absolute Gasteiger partial charge is 0.337 e. The maximum Gasteiger partial charge on any atom is 0.337 e. The lowest BCUT2D eigenvalue weighted by molar-refractivity contribution is -0.136. The number of methoxy groups -OCH3 is 1. The van der Waals surface area contributed by atoms with Crippen molar-refractivity contribution < 1.29 is 33.7 Å². The number of carbonyl (C=O) groups excluding carboxylic acids is 3. The van der Waals surface area contributed by atoms with Gasteiger partial charge in [0.25, 0.3) is 5.91 Å². The number of ether oxygens (including phenoxy) is 3. The maximum absolute atomic E-state index is 12.8. The van der Waals surface area contributed by atoms with Gasteiger partial charge in [-0.05, 0) is 50.6 Å². The van der Waals surface area contributed by atoms with E-state index < -0.39 is 30.2 Å². The average molecular weight is 565 g/mol. The van der Waals surface area contributed by atoms with Gasteiger partial charge in [-0.3, -0.25) is 10.2 Å². The molecule has 2 aromatic rings. The van der Waals surface area contributed by atoms with Gasteiger partial charge in [-0.15, -0.1) is 0 Å². The molecule has 0 radical (unpaired) electrons. The Bertz CT molecular complexity index is 1390. The normalized spacial score (nSPS) is 19.4. The van der Waals surface area contributed by atoms with Crippen molar-refractivity contribution in [3.8, 4) is 11.5 Å². The number of urea groups is 1. The fraction of sp³-hybridized carbons (Fsp3) is 0.321. The fourth-order valence-corrected chi connectivity index (χ4v) is 4.33. The molecule has 13 heteroatoms. The van der Waals surface area contributed by atoms with Crippen LogP contribution in [0.4, 0.5) is 10.5 Å². The molecule has 4 N–H and O–H groups in total. The van der Waals surface area contributed by atoms with Crippen molar-refractivity contribution in [2.75, 3.05) is 25.3 Å². The van der Waals surface area contributed by atoms with Gasteiger partial charge in [-0.25, -0.2) is 9.59 Å². The molecule has 2 aliphatic rings. The number of nitrogens with one attached hydrogen (secondary N) is 3. The number of hydrogen-bond donors (Lipinski definition) is 4. The van der Waals surface area contributed by atoms with Crippen LogP contribution in [0.5, 0.6) is 11.5 Å². The zero-order valence-corrected chi connectivity index (χ0v) is 23.1. The number of carbonyl (C=O) groups is 3. The number of nitrogens with zero attached hydrogens (tertiary/aromatic N) is 3. The van der Waals surface area contributed by atoms with Crippen LogP contribution in [0.25, 0.3) is 0 Å². The zero-order chi connectivity index (χ0) is 29.5. The second kappa shape index (κ2) is 13.0. The molecule has 2 aromatic carbocycles. The standard InChI is InChI=1S/C28H32N6O7/c1-5-40-22-13-18(25-24(27(37)39-4)17(3)30-28(38)31-25)11-12-21(22)41-15-23(35)32-29-14-20-16(2)33-34(26(20)36)19-9-7-6-8-10-19/h6-14,20,23,25,32,35H,5,15H2,1-4H3,(H2,30,31,38)/b29-14-/t20-,23+,25+/m1/s1. The van der Waals surface area contributed by atoms with Gasteiger partial charge in [0.1, 0.15) is 12.5 Å². The molecular weight excluding hydrogens is 532 g/mol. The summed E-state index contributed by atoms with van der Waals surface area (Å²) in [7, 11) is 1.27. The average Bonchev–Trinajstić information content (AvgIpc) is 3.25. The first kappa shape index (κ1) is 29.1. The third-order valence-electron chi connectivity index (χ3n) is 6.30. The van der Waals surface area contributed by atoms with Gasteiger partial charge >= 0.3 is 12.0 Å². The Hall–Kier alpha value is -4.91. The van der Waals surface area contributed by atoms with Crippen LogP contribution in [-0.4, -0.2) is 61.5 Å². The van der Waals surface area contributed by atoms with Gasteiger partial charge in [-0.1, -0.05) is 24.3 Å². The van der Waals surface area contributed by atoms with Crippen LogP contribution in [0, 0.1) is 5.92 Å². The Kier molecular flexibility index (Phi) is 9.19. The SMILES string of the molecule is CCOc1cc([C@@H]2NC(=O)NC(C)=C2C(=O)OC)ccc1OC[C@H](O)N/N=C\[C@H]1C(=O)N(c2ccccc2)N=C1C. The quantitative estimate of drug-likeness (QED) is 0.140. The predicted octanol–water partition coefficient (Wildman–Crippen LogP) is 2.20. The number of benzene rings is 2. The Labute approximate surface area is 236 Å². The Morgan fingerprint density at radius 1 is 1.17 bits per heavy atom. The molecule has 41 heavy (non-hydrogen) atoms. The van der Waals surface area contributed by atoms with Crippen LogP contribution in [0.15, 0.2) is 70.0 Å². The second-order valence-corrected chi connectivity index (χ2v) is 9.14. The minimum atomic E-state index is -1.21. The van der Waals surface area contributed by atoms with Crippen molar-refractivity contribution in [2.24, 2.45) is 16.1 Å². The number of hydrazone groups is 2. The molecule has 2 aliphatic heterocycles. The molecule has 2 heterocycles. The summed E-state index contributed by atoms with van der Waals surface area (Å²) in [6, 6.07) is 12.8. The number of anilines is 1. The van der Waals surface area contributed by atoms with Crippen LogP contribution >= 0.6 is 0 Å². The van der Waals surface area contributed by atoms with Crippen molar-refractivity contribution in [1.29, 1.82) is 0 Å². The molecule has 0 fully saturated rings. The molecule has 4 rings (SSSR count). The van der Waals surface area contributed by atoms with E-state index in [1.54, 1.807) is 51.1 Å². The van der Waals surface area contributed by atoms with Crippen LogP contribution in [0.2, 0.25) is 0 Å². The molecule has 0 bridgehead atoms. The van der Waals surface area contributed by atoms with E-state index >= 15 is 0 Å². The molecule has 0 saturated heterocycles. The highest BCUT2D eigenvalue weighted by Crippen LogP contribution is 2.35. The highest BCUT2D eigenvalue weighted by Gasteiger charge is 2.34. The van der Waals surface area contributed by atoms with Crippen LogP contribution in [0.3, 0.4) is 0 Å². The largest absolute Gasteiger partial charge is 0.490 e. The Balaban J connectivity index is 1.39. The summed E-state index contributed by atoms with van der Waals surface area (Å²) in [6.45, 7) is 5.27. The number of esters is 1. The fourth-order valence-electron chi connectivity index (χ4n) is 4.33. The third kappa shape index (κ3) is 6.64. The van der Waals surface area contributed by atoms with Gasteiger partial charge in [0.2, 0.25) is 0 Å². The lowest BCUT2D eigenvalue weighted by Crippen LogP contribution is -2.45. The number of aliphatic hydroxyl groups is 1. The summed E-state index contributed by atoms with van der Waals surface area (Å²) in [5.74, 6) is -0.831. The molecule has 0 unspecified atom stereocenters. The highest BCUT2D eigenvalue weighted by molar-refractivity contribution is 6.23. The van der Waals surface area contributed by atoms with Gasteiger partial charge in [-0.2, -0.15) is 15.2 Å². The van der Waals surface area contributed by atoms with E-state index in [9.17, 15) is 19.5 Å². The van der Waals surface area contributed by atoms with Crippen molar-refractivity contribution >= 4 is 35.5 Å². The van der Waals surface area contributed by atoms with Crippen LogP contribution < -0.4 is 30.5 Å². The molecule has 216 valence electrons. The molecule has 3 amide bonds. The van der Waals surface area contributed by atoms with Crippen LogP contribution in [-0.2, 0) is 14.3 Å². The molecule has 0 aromatic heterocycles. The Morgan fingerprint density at radius 3 is 2.63 bits per heavy atom. The monoisotopic (exact) mass is 564 g/mol. The lowest BCUT2D eigenvalue weighted by Gasteiger charge is -2.28.